The molecular formula is C23H11NO4S. The lowest BCUT2D eigenvalue weighted by molar-refractivity contribution is 0.0990. The van der Waals surface area contributed by atoms with E-state index in [1.54, 1.807) is 42.7 Å². The number of rotatable bonds is 2. The number of allylic oxidation sites excluding steroid dienone is 1. The average Bonchev–Trinajstić information content (AvgIpc) is 3.48. The zero-order chi connectivity index (χ0) is 19.5. The average molecular weight is 397 g/mol. The number of carbonyl (C=O) groups excluding carboxylic acids is 2. The number of benzene rings is 2. The lowest BCUT2D eigenvalue weighted by Crippen LogP contribution is -1.99. The highest BCUT2D eigenvalue weighted by molar-refractivity contribution is 7.19. The van der Waals surface area contributed by atoms with Gasteiger partial charge >= 0.3 is 0 Å². The van der Waals surface area contributed by atoms with Crippen molar-refractivity contribution in [3.05, 3.63) is 82.4 Å². The van der Waals surface area contributed by atoms with Crippen molar-refractivity contribution >= 4 is 50.2 Å². The van der Waals surface area contributed by atoms with Crippen molar-refractivity contribution in [2.24, 2.45) is 0 Å². The molecule has 3 heterocycles. The molecule has 2 aromatic carbocycles. The van der Waals surface area contributed by atoms with Gasteiger partial charge in [0, 0.05) is 22.1 Å². The van der Waals surface area contributed by atoms with Gasteiger partial charge in [0.25, 0.3) is 5.89 Å². The molecule has 0 fully saturated rings. The summed E-state index contributed by atoms with van der Waals surface area (Å²) in [6, 6.07) is 16.6. The Bertz CT molecular complexity index is 1400. The number of carbonyl (C=O) groups is 2. The van der Waals surface area contributed by atoms with Crippen molar-refractivity contribution in [1.29, 1.82) is 0 Å². The fourth-order valence-corrected chi connectivity index (χ4v) is 4.51. The molecule has 0 N–H and O–H groups in total. The molecular weight excluding hydrogens is 386 g/mol. The zero-order valence-corrected chi connectivity index (χ0v) is 15.7. The topological polar surface area (TPSA) is 73.3 Å². The van der Waals surface area contributed by atoms with Crippen molar-refractivity contribution in [2.75, 3.05) is 0 Å². The Morgan fingerprint density at radius 3 is 2.24 bits per heavy atom. The van der Waals surface area contributed by atoms with Gasteiger partial charge in [-0.2, -0.15) is 4.98 Å². The van der Waals surface area contributed by atoms with Gasteiger partial charge in [0.05, 0.1) is 11.8 Å². The van der Waals surface area contributed by atoms with Crippen molar-refractivity contribution < 1.29 is 18.4 Å². The maximum atomic E-state index is 12.9. The molecule has 0 atom stereocenters. The molecule has 5 aromatic rings. The predicted octanol–water partition coefficient (Wildman–Crippen LogP) is 5.77. The maximum Gasteiger partial charge on any atom is 0.264 e. The SMILES string of the molecule is O=C1C(=Cc2cc3oc(-c4ccco4)nc3s2)C(=O)c2cc3ccccc3cc21. The lowest BCUT2D eigenvalue weighted by atomic mass is 10.0. The van der Waals surface area contributed by atoms with Crippen molar-refractivity contribution in [3.8, 4) is 11.7 Å². The van der Waals surface area contributed by atoms with Crippen LogP contribution >= 0.6 is 11.3 Å². The number of hydrogen-bond acceptors (Lipinski definition) is 6. The minimum atomic E-state index is -0.245. The molecule has 0 radical (unpaired) electrons. The maximum absolute atomic E-state index is 12.9. The third-order valence-corrected chi connectivity index (χ3v) is 5.95. The summed E-state index contributed by atoms with van der Waals surface area (Å²) < 4.78 is 11.0. The molecule has 6 rings (SSSR count). The van der Waals surface area contributed by atoms with Gasteiger partial charge in [-0.3, -0.25) is 9.59 Å². The Kier molecular flexibility index (Phi) is 3.28. The van der Waals surface area contributed by atoms with Gasteiger partial charge < -0.3 is 8.83 Å². The van der Waals surface area contributed by atoms with Gasteiger partial charge in [0.15, 0.2) is 27.7 Å². The first kappa shape index (κ1) is 16.2. The molecule has 3 aromatic heterocycles. The number of Topliss-reactive ketones (excluding diaryl/α,β-unsaturated/α-hetero) is 2. The smallest absolute Gasteiger partial charge is 0.264 e. The molecule has 1 aliphatic rings. The van der Waals surface area contributed by atoms with E-state index in [4.69, 9.17) is 8.83 Å². The summed E-state index contributed by atoms with van der Waals surface area (Å²) in [6.45, 7) is 0. The summed E-state index contributed by atoms with van der Waals surface area (Å²) in [5.41, 5.74) is 1.68. The van der Waals surface area contributed by atoms with Crippen LogP contribution in [0.25, 0.3) is 38.9 Å². The predicted molar refractivity (Wildman–Crippen MR) is 110 cm³/mol. The molecule has 0 saturated heterocycles. The number of furan rings is 1. The summed E-state index contributed by atoms with van der Waals surface area (Å²) in [5.74, 6) is 0.467. The highest BCUT2D eigenvalue weighted by Gasteiger charge is 2.33. The quantitative estimate of drug-likeness (QED) is 0.279. The van der Waals surface area contributed by atoms with Crippen molar-refractivity contribution in [2.45, 2.75) is 0 Å². The molecule has 0 bridgehead atoms. The number of hydrogen-bond donors (Lipinski definition) is 0. The molecule has 0 amide bonds. The first-order valence-corrected chi connectivity index (χ1v) is 9.77. The van der Waals surface area contributed by atoms with E-state index in [-0.39, 0.29) is 17.1 Å². The first-order chi connectivity index (χ1) is 14.2. The Balaban J connectivity index is 1.41. The van der Waals surface area contributed by atoms with Crippen LogP contribution in [0.4, 0.5) is 0 Å². The van der Waals surface area contributed by atoms with E-state index in [0.717, 1.165) is 15.6 Å². The monoisotopic (exact) mass is 397 g/mol. The van der Waals surface area contributed by atoms with Crippen LogP contribution in [0, 0.1) is 0 Å². The largest absolute Gasteiger partial charge is 0.459 e. The van der Waals surface area contributed by atoms with Crippen molar-refractivity contribution in [3.63, 3.8) is 0 Å². The van der Waals surface area contributed by atoms with E-state index in [1.807, 2.05) is 24.3 Å². The van der Waals surface area contributed by atoms with Crippen LogP contribution in [-0.2, 0) is 0 Å². The van der Waals surface area contributed by atoms with Crippen LogP contribution in [0.2, 0.25) is 0 Å². The first-order valence-electron chi connectivity index (χ1n) is 8.95. The van der Waals surface area contributed by atoms with Crippen LogP contribution in [0.15, 0.2) is 75.3 Å². The molecule has 138 valence electrons. The van der Waals surface area contributed by atoms with E-state index in [9.17, 15) is 9.59 Å². The van der Waals surface area contributed by atoms with Crippen LogP contribution in [-0.4, -0.2) is 16.6 Å². The van der Waals surface area contributed by atoms with E-state index in [0.29, 0.717) is 33.2 Å². The highest BCUT2D eigenvalue weighted by atomic mass is 32.1. The van der Waals surface area contributed by atoms with E-state index >= 15 is 0 Å². The second kappa shape index (κ2) is 5.86. The van der Waals surface area contributed by atoms with Gasteiger partial charge in [-0.05, 0) is 41.1 Å². The second-order valence-corrected chi connectivity index (χ2v) is 7.84. The van der Waals surface area contributed by atoms with Gasteiger partial charge in [-0.1, -0.05) is 24.3 Å². The number of aromatic nitrogens is 1. The molecule has 1 aliphatic carbocycles. The number of thiophene rings is 1. The standard InChI is InChI=1S/C23H11NO4S/c25-20-15-8-12-4-1-2-5-13(12)9-16(15)21(26)17(20)10-14-11-19-23(29-14)24-22(28-19)18-6-3-7-27-18/h1-11H. The molecule has 0 saturated carbocycles. The second-order valence-electron chi connectivity index (χ2n) is 6.78. The van der Waals surface area contributed by atoms with Crippen molar-refractivity contribution in [1.82, 2.24) is 4.98 Å². The fourth-order valence-electron chi connectivity index (χ4n) is 3.61. The van der Waals surface area contributed by atoms with Crippen LogP contribution in [0.3, 0.4) is 0 Å². The molecule has 0 aliphatic heterocycles. The molecule has 0 unspecified atom stereocenters. The fraction of sp³-hybridized carbons (Fsp3) is 0. The summed E-state index contributed by atoms with van der Waals surface area (Å²) in [7, 11) is 0. The van der Waals surface area contributed by atoms with E-state index in [1.165, 1.54) is 11.3 Å². The number of oxazole rings is 1. The normalized spacial score (nSPS) is 13.6. The van der Waals surface area contributed by atoms with Gasteiger partial charge in [-0.25, -0.2) is 0 Å². The van der Waals surface area contributed by atoms with Gasteiger partial charge in [0.1, 0.15) is 0 Å². The lowest BCUT2D eigenvalue weighted by Gasteiger charge is -2.00. The molecule has 5 nitrogen and oxygen atoms in total. The Hall–Kier alpha value is -3.77. The third-order valence-electron chi connectivity index (χ3n) is 4.99. The number of ketones is 2. The van der Waals surface area contributed by atoms with E-state index < -0.39 is 0 Å². The summed E-state index contributed by atoms with van der Waals surface area (Å²) in [4.78, 5) is 31.6. The summed E-state index contributed by atoms with van der Waals surface area (Å²) in [5, 5.41) is 1.88. The van der Waals surface area contributed by atoms with Gasteiger partial charge in [-0.15, -0.1) is 11.3 Å². The zero-order valence-electron chi connectivity index (χ0n) is 14.8. The molecule has 6 heteroatoms. The van der Waals surface area contributed by atoms with Crippen LogP contribution in [0.1, 0.15) is 25.6 Å². The number of fused-ring (bicyclic) bond motifs is 3. The Morgan fingerprint density at radius 2 is 1.62 bits per heavy atom. The summed E-state index contributed by atoms with van der Waals surface area (Å²) >= 11 is 1.36. The summed E-state index contributed by atoms with van der Waals surface area (Å²) in [6.07, 6.45) is 3.19. The third kappa shape index (κ3) is 2.43. The highest BCUT2D eigenvalue weighted by Crippen LogP contribution is 2.35. The van der Waals surface area contributed by atoms with Gasteiger partial charge in [0.2, 0.25) is 0 Å². The molecule has 29 heavy (non-hydrogen) atoms. The van der Waals surface area contributed by atoms with Crippen LogP contribution < -0.4 is 0 Å². The minimum Gasteiger partial charge on any atom is -0.459 e. The Labute approximate surface area is 167 Å². The van der Waals surface area contributed by atoms with E-state index in [2.05, 4.69) is 4.98 Å². The number of nitrogens with zero attached hydrogens (tertiary/aromatic N) is 1. The van der Waals surface area contributed by atoms with Crippen LogP contribution in [0.5, 0.6) is 0 Å². The Morgan fingerprint density at radius 1 is 0.897 bits per heavy atom. The minimum absolute atomic E-state index is 0.172. The molecule has 0 spiro atoms.